The summed E-state index contributed by atoms with van der Waals surface area (Å²) < 4.78 is 7.70. The van der Waals surface area contributed by atoms with Crippen molar-refractivity contribution in [2.24, 2.45) is 11.7 Å². The van der Waals surface area contributed by atoms with Gasteiger partial charge in [-0.25, -0.2) is 0 Å². The zero-order valence-corrected chi connectivity index (χ0v) is 20.1. The Bertz CT molecular complexity index is 1500. The number of ether oxygens (including phenoxy) is 1. The molecule has 5 N–H and O–H groups in total. The molecular weight excluding hydrogens is 460 g/mol. The van der Waals surface area contributed by atoms with Crippen molar-refractivity contribution in [3.05, 3.63) is 70.1 Å². The van der Waals surface area contributed by atoms with Gasteiger partial charge in [0.1, 0.15) is 5.60 Å². The lowest BCUT2D eigenvalue weighted by molar-refractivity contribution is 0.0633. The van der Waals surface area contributed by atoms with Crippen LogP contribution >= 0.6 is 0 Å². The first-order valence-corrected chi connectivity index (χ1v) is 11.8. The van der Waals surface area contributed by atoms with Crippen molar-refractivity contribution in [3.8, 4) is 22.8 Å². The fourth-order valence-corrected chi connectivity index (χ4v) is 4.65. The van der Waals surface area contributed by atoms with Crippen LogP contribution in [0.3, 0.4) is 0 Å². The lowest BCUT2D eigenvalue weighted by Crippen LogP contribution is -2.46. The normalized spacial score (nSPS) is 14.1. The predicted octanol–water partition coefficient (Wildman–Crippen LogP) is 2.13. The average Bonchev–Trinajstić information content (AvgIpc) is 3.33. The SMILES string of the molecule is CC(C)(CC1CNC1)Oc1nn(-c2ccc(CO)c(-c3[nH]ncc3C(N)=O)c2)c(=O)c2ccccc12. The van der Waals surface area contributed by atoms with E-state index in [9.17, 15) is 14.7 Å². The van der Waals surface area contributed by atoms with E-state index >= 15 is 0 Å². The summed E-state index contributed by atoms with van der Waals surface area (Å²) in [6.45, 7) is 5.68. The number of rotatable bonds is 8. The van der Waals surface area contributed by atoms with Gasteiger partial charge < -0.3 is 20.9 Å². The van der Waals surface area contributed by atoms with Gasteiger partial charge in [-0.3, -0.25) is 14.7 Å². The first-order chi connectivity index (χ1) is 17.3. The van der Waals surface area contributed by atoms with Gasteiger partial charge in [-0.15, -0.1) is 5.10 Å². The van der Waals surface area contributed by atoms with Gasteiger partial charge in [0, 0.05) is 5.56 Å². The summed E-state index contributed by atoms with van der Waals surface area (Å²) in [6.07, 6.45) is 2.18. The minimum atomic E-state index is -0.659. The molecule has 3 heterocycles. The number of H-pyrrole nitrogens is 1. The summed E-state index contributed by atoms with van der Waals surface area (Å²) >= 11 is 0. The van der Waals surface area contributed by atoms with E-state index in [1.54, 1.807) is 30.3 Å². The number of nitrogens with zero attached hydrogens (tertiary/aromatic N) is 3. The van der Waals surface area contributed by atoms with Crippen LogP contribution in [0.1, 0.15) is 36.2 Å². The molecule has 0 saturated carbocycles. The molecule has 5 rings (SSSR count). The number of carbonyl (C=O) groups is 1. The van der Waals surface area contributed by atoms with E-state index in [0.717, 1.165) is 19.5 Å². The summed E-state index contributed by atoms with van der Waals surface area (Å²) in [7, 11) is 0. The highest BCUT2D eigenvalue weighted by Gasteiger charge is 2.30. The van der Waals surface area contributed by atoms with Gasteiger partial charge in [-0.05, 0) is 69.1 Å². The van der Waals surface area contributed by atoms with Crippen LogP contribution in [0.25, 0.3) is 27.7 Å². The second kappa shape index (κ2) is 9.21. The summed E-state index contributed by atoms with van der Waals surface area (Å²) in [4.78, 5) is 25.4. The second-order valence-corrected chi connectivity index (χ2v) is 9.68. The minimum Gasteiger partial charge on any atom is -0.470 e. The predicted molar refractivity (Wildman–Crippen MR) is 135 cm³/mol. The van der Waals surface area contributed by atoms with Gasteiger partial charge >= 0.3 is 0 Å². The molecule has 0 unspecified atom stereocenters. The summed E-state index contributed by atoms with van der Waals surface area (Å²) in [5.41, 5.74) is 6.68. The number of amides is 1. The van der Waals surface area contributed by atoms with E-state index in [1.807, 2.05) is 26.0 Å². The van der Waals surface area contributed by atoms with E-state index in [-0.39, 0.29) is 17.7 Å². The Morgan fingerprint density at radius 1 is 1.22 bits per heavy atom. The van der Waals surface area contributed by atoms with E-state index in [0.29, 0.717) is 45.1 Å². The molecule has 1 amide bonds. The topological polar surface area (TPSA) is 148 Å². The third-order valence-corrected chi connectivity index (χ3v) is 6.47. The number of primary amides is 1. The summed E-state index contributed by atoms with van der Waals surface area (Å²) in [5.74, 6) is 0.225. The Labute approximate surface area is 207 Å². The van der Waals surface area contributed by atoms with Crippen LogP contribution in [0.2, 0.25) is 0 Å². The number of aromatic amines is 1. The third-order valence-electron chi connectivity index (χ3n) is 6.47. The fraction of sp³-hybridized carbons (Fsp3) is 0.308. The van der Waals surface area contributed by atoms with E-state index in [1.165, 1.54) is 10.9 Å². The number of hydrogen-bond acceptors (Lipinski definition) is 7. The Kier molecular flexibility index (Phi) is 6.07. The molecule has 1 saturated heterocycles. The monoisotopic (exact) mass is 488 g/mol. The minimum absolute atomic E-state index is 0.178. The van der Waals surface area contributed by atoms with Crippen LogP contribution in [-0.4, -0.2) is 49.7 Å². The molecule has 0 bridgehead atoms. The Balaban J connectivity index is 1.64. The number of hydrogen-bond donors (Lipinski definition) is 4. The highest BCUT2D eigenvalue weighted by molar-refractivity contribution is 5.99. The molecule has 0 radical (unpaired) electrons. The first kappa shape index (κ1) is 23.7. The number of nitrogens with one attached hydrogen (secondary N) is 2. The molecule has 0 aliphatic carbocycles. The van der Waals surface area contributed by atoms with Crippen molar-refractivity contribution in [1.29, 1.82) is 0 Å². The average molecular weight is 489 g/mol. The van der Waals surface area contributed by atoms with Crippen LogP contribution in [0.4, 0.5) is 0 Å². The molecule has 0 atom stereocenters. The van der Waals surface area contributed by atoms with Crippen LogP contribution in [-0.2, 0) is 6.61 Å². The number of aliphatic hydroxyl groups excluding tert-OH is 1. The van der Waals surface area contributed by atoms with E-state index in [4.69, 9.17) is 10.5 Å². The molecule has 36 heavy (non-hydrogen) atoms. The smallest absolute Gasteiger partial charge is 0.279 e. The van der Waals surface area contributed by atoms with Crippen LogP contribution < -0.4 is 21.3 Å². The largest absolute Gasteiger partial charge is 0.470 e. The standard InChI is InChI=1S/C26H28N6O4/c1-26(2,10-15-11-28-12-15)36-24-18-5-3-4-6-19(18)25(35)32(31-24)17-8-7-16(14-33)20(9-17)22-21(23(27)34)13-29-30-22/h3-9,13,15,28,33H,10-12,14H2,1-2H3,(H2,27,34)(H,29,30). The van der Waals surface area contributed by atoms with Gasteiger partial charge in [0.15, 0.2) is 0 Å². The molecule has 2 aromatic carbocycles. The molecule has 4 aromatic rings. The number of benzene rings is 2. The maximum absolute atomic E-state index is 13.5. The summed E-state index contributed by atoms with van der Waals surface area (Å²) in [5, 5.41) is 25.6. The van der Waals surface area contributed by atoms with E-state index in [2.05, 4.69) is 20.6 Å². The zero-order valence-electron chi connectivity index (χ0n) is 20.1. The van der Waals surface area contributed by atoms with Crippen molar-refractivity contribution >= 4 is 16.7 Å². The number of nitrogens with two attached hydrogens (primary N) is 1. The van der Waals surface area contributed by atoms with Gasteiger partial charge in [-0.2, -0.15) is 9.78 Å². The Hall–Kier alpha value is -4.02. The quantitative estimate of drug-likeness (QED) is 0.297. The number of aromatic nitrogens is 4. The van der Waals surface area contributed by atoms with Crippen molar-refractivity contribution in [1.82, 2.24) is 25.3 Å². The summed E-state index contributed by atoms with van der Waals surface area (Å²) in [6, 6.07) is 12.3. The van der Waals surface area contributed by atoms with Crippen molar-refractivity contribution < 1.29 is 14.6 Å². The van der Waals surface area contributed by atoms with Crippen molar-refractivity contribution in [2.75, 3.05) is 13.1 Å². The van der Waals surface area contributed by atoms with Gasteiger partial charge in [0.05, 0.1) is 40.5 Å². The molecule has 1 aliphatic rings. The molecule has 186 valence electrons. The number of fused-ring (bicyclic) bond motifs is 1. The van der Waals surface area contributed by atoms with Crippen molar-refractivity contribution in [3.63, 3.8) is 0 Å². The lowest BCUT2D eigenvalue weighted by Gasteiger charge is -2.35. The third kappa shape index (κ3) is 4.36. The number of carbonyl (C=O) groups excluding carboxylic acids is 1. The Morgan fingerprint density at radius 2 is 1.97 bits per heavy atom. The van der Waals surface area contributed by atoms with Crippen LogP contribution in [0.15, 0.2) is 53.5 Å². The molecule has 2 aromatic heterocycles. The highest BCUT2D eigenvalue weighted by atomic mass is 16.5. The molecular formula is C26H28N6O4. The highest BCUT2D eigenvalue weighted by Crippen LogP contribution is 2.31. The van der Waals surface area contributed by atoms with Gasteiger partial charge in [0.25, 0.3) is 11.5 Å². The van der Waals surface area contributed by atoms with Crippen LogP contribution in [0, 0.1) is 5.92 Å². The fourth-order valence-electron chi connectivity index (χ4n) is 4.65. The number of aliphatic hydroxyl groups is 1. The first-order valence-electron chi connectivity index (χ1n) is 11.8. The maximum Gasteiger partial charge on any atom is 0.279 e. The molecule has 10 heteroatoms. The van der Waals surface area contributed by atoms with Crippen LogP contribution in [0.5, 0.6) is 5.88 Å². The van der Waals surface area contributed by atoms with Gasteiger partial charge in [-0.1, -0.05) is 18.2 Å². The lowest BCUT2D eigenvalue weighted by atomic mass is 9.89. The molecule has 0 spiro atoms. The molecule has 1 fully saturated rings. The zero-order chi connectivity index (χ0) is 25.4. The molecule has 10 nitrogen and oxygen atoms in total. The second-order valence-electron chi connectivity index (χ2n) is 9.68. The Morgan fingerprint density at radius 3 is 2.64 bits per heavy atom. The van der Waals surface area contributed by atoms with Gasteiger partial charge in [0.2, 0.25) is 5.88 Å². The molecule has 1 aliphatic heterocycles. The van der Waals surface area contributed by atoms with Crippen molar-refractivity contribution in [2.45, 2.75) is 32.5 Å². The van der Waals surface area contributed by atoms with E-state index < -0.39 is 11.5 Å². The maximum atomic E-state index is 13.5.